The quantitative estimate of drug-likeness (QED) is 0.721. The zero-order valence-electron chi connectivity index (χ0n) is 13.2. The van der Waals surface area contributed by atoms with Crippen LogP contribution in [0, 0.1) is 0 Å². The van der Waals surface area contributed by atoms with E-state index in [0.717, 1.165) is 12.3 Å². The molecule has 0 saturated heterocycles. The van der Waals surface area contributed by atoms with Crippen LogP contribution < -0.4 is 15.8 Å². The van der Waals surface area contributed by atoms with Crippen molar-refractivity contribution in [3.05, 3.63) is 18.2 Å². The summed E-state index contributed by atoms with van der Waals surface area (Å²) in [5.41, 5.74) is 7.01. The van der Waals surface area contributed by atoms with Gasteiger partial charge in [-0.2, -0.15) is 11.8 Å². The van der Waals surface area contributed by atoms with Crippen molar-refractivity contribution in [1.82, 2.24) is 4.90 Å². The number of anilines is 2. The van der Waals surface area contributed by atoms with Gasteiger partial charge in [0.05, 0.1) is 18.5 Å². The van der Waals surface area contributed by atoms with E-state index in [4.69, 9.17) is 10.5 Å². The van der Waals surface area contributed by atoms with Crippen LogP contribution in [0.2, 0.25) is 0 Å². The highest BCUT2D eigenvalue weighted by Crippen LogP contribution is 2.24. The molecule has 0 aliphatic heterocycles. The smallest absolute Gasteiger partial charge is 0.225 e. The first-order chi connectivity index (χ1) is 9.97. The van der Waals surface area contributed by atoms with Crippen molar-refractivity contribution in [1.29, 1.82) is 0 Å². The van der Waals surface area contributed by atoms with Crippen molar-refractivity contribution in [2.75, 3.05) is 43.8 Å². The maximum atomic E-state index is 12.0. The van der Waals surface area contributed by atoms with Gasteiger partial charge in [-0.3, -0.25) is 4.79 Å². The van der Waals surface area contributed by atoms with E-state index >= 15 is 0 Å². The van der Waals surface area contributed by atoms with Crippen LogP contribution in [-0.2, 0) is 4.79 Å². The molecule has 1 aromatic carbocycles. The number of carbonyl (C=O) groups excluding carboxylic acids is 1. The number of amides is 1. The molecular formula is C15H25N3O2S. The maximum Gasteiger partial charge on any atom is 0.225 e. The average molecular weight is 311 g/mol. The van der Waals surface area contributed by atoms with Crippen LogP contribution in [0.5, 0.6) is 5.75 Å². The number of carbonyl (C=O) groups is 1. The zero-order valence-corrected chi connectivity index (χ0v) is 14.0. The van der Waals surface area contributed by atoms with Crippen LogP contribution in [0.25, 0.3) is 0 Å². The Morgan fingerprint density at radius 1 is 1.52 bits per heavy atom. The fourth-order valence-electron chi connectivity index (χ4n) is 1.86. The van der Waals surface area contributed by atoms with Gasteiger partial charge in [0.15, 0.2) is 0 Å². The maximum absolute atomic E-state index is 12.0. The molecule has 0 spiro atoms. The summed E-state index contributed by atoms with van der Waals surface area (Å²) in [7, 11) is 3.62. The lowest BCUT2D eigenvalue weighted by Crippen LogP contribution is -2.33. The summed E-state index contributed by atoms with van der Waals surface area (Å²) >= 11 is 1.81. The summed E-state index contributed by atoms with van der Waals surface area (Å²) in [6.07, 6.45) is 2.53. The second-order valence-electron chi connectivity index (χ2n) is 5.04. The number of ether oxygens (including phenoxy) is 1. The molecule has 21 heavy (non-hydrogen) atoms. The minimum atomic E-state index is -0.0323. The molecule has 0 heterocycles. The molecule has 0 bridgehead atoms. The van der Waals surface area contributed by atoms with Crippen molar-refractivity contribution in [2.45, 2.75) is 19.4 Å². The number of nitrogens with zero attached hydrogens (tertiary/aromatic N) is 1. The molecule has 1 aromatic rings. The fourth-order valence-corrected chi connectivity index (χ4v) is 2.60. The summed E-state index contributed by atoms with van der Waals surface area (Å²) in [6.45, 7) is 2.89. The second kappa shape index (κ2) is 8.79. The van der Waals surface area contributed by atoms with E-state index in [0.29, 0.717) is 29.6 Å². The third kappa shape index (κ3) is 5.85. The first kappa shape index (κ1) is 17.7. The predicted molar refractivity (Wildman–Crippen MR) is 91.1 cm³/mol. The first-order valence-electron chi connectivity index (χ1n) is 6.90. The third-order valence-corrected chi connectivity index (χ3v) is 4.20. The number of hydrogen-bond donors (Lipinski definition) is 2. The van der Waals surface area contributed by atoms with Crippen molar-refractivity contribution in [2.24, 2.45) is 0 Å². The Morgan fingerprint density at radius 3 is 2.81 bits per heavy atom. The Labute approximate surface area is 131 Å². The highest BCUT2D eigenvalue weighted by Gasteiger charge is 2.11. The van der Waals surface area contributed by atoms with Gasteiger partial charge in [-0.1, -0.05) is 0 Å². The standard InChI is InChI=1S/C15H25N3O2S/c1-11(10-21-4)18(2)8-7-15(19)17-14-6-5-12(20-3)9-13(14)16/h5-6,9,11H,7-8,10,16H2,1-4H3,(H,17,19). The van der Waals surface area contributed by atoms with Gasteiger partial charge in [0.1, 0.15) is 5.75 Å². The number of methoxy groups -OCH3 is 1. The average Bonchev–Trinajstić information content (AvgIpc) is 2.47. The molecule has 1 atom stereocenters. The van der Waals surface area contributed by atoms with E-state index in [1.165, 1.54) is 0 Å². The topological polar surface area (TPSA) is 67.6 Å². The molecule has 1 unspecified atom stereocenters. The lowest BCUT2D eigenvalue weighted by Gasteiger charge is -2.23. The van der Waals surface area contributed by atoms with Crippen LogP contribution >= 0.6 is 11.8 Å². The van der Waals surface area contributed by atoms with Crippen LogP contribution in [0.1, 0.15) is 13.3 Å². The second-order valence-corrected chi connectivity index (χ2v) is 5.95. The monoisotopic (exact) mass is 311 g/mol. The van der Waals surface area contributed by atoms with Crippen LogP contribution in [0.3, 0.4) is 0 Å². The van der Waals surface area contributed by atoms with Crippen molar-refractivity contribution in [3.63, 3.8) is 0 Å². The normalized spacial score (nSPS) is 12.2. The highest BCUT2D eigenvalue weighted by atomic mass is 32.2. The fraction of sp³-hybridized carbons (Fsp3) is 0.533. The Morgan fingerprint density at radius 2 is 2.24 bits per heavy atom. The van der Waals surface area contributed by atoms with Crippen LogP contribution in [0.4, 0.5) is 11.4 Å². The number of nitrogens with two attached hydrogens (primary N) is 1. The molecule has 5 nitrogen and oxygen atoms in total. The van der Waals surface area contributed by atoms with Crippen LogP contribution in [-0.4, -0.2) is 49.6 Å². The Kier molecular flexibility index (Phi) is 7.39. The minimum Gasteiger partial charge on any atom is -0.497 e. The molecule has 0 aromatic heterocycles. The van der Waals surface area contributed by atoms with Gasteiger partial charge in [0.2, 0.25) is 5.91 Å². The summed E-state index contributed by atoms with van der Waals surface area (Å²) in [5.74, 6) is 1.70. The number of benzene rings is 1. The van der Waals surface area contributed by atoms with E-state index in [1.54, 1.807) is 25.3 Å². The van der Waals surface area contributed by atoms with E-state index in [2.05, 4.69) is 23.4 Å². The summed E-state index contributed by atoms with van der Waals surface area (Å²) < 4.78 is 5.08. The number of nitrogens with one attached hydrogen (secondary N) is 1. The molecule has 1 amide bonds. The molecule has 0 radical (unpaired) electrons. The van der Waals surface area contributed by atoms with Gasteiger partial charge in [0, 0.05) is 30.8 Å². The molecule has 0 saturated carbocycles. The van der Waals surface area contributed by atoms with E-state index in [9.17, 15) is 4.79 Å². The summed E-state index contributed by atoms with van der Waals surface area (Å²) in [4.78, 5) is 14.2. The Bertz CT molecular complexity index is 468. The van der Waals surface area contributed by atoms with Gasteiger partial charge in [-0.05, 0) is 32.4 Å². The predicted octanol–water partition coefficient (Wildman–Crippen LogP) is 2.29. The van der Waals surface area contributed by atoms with Crippen LogP contribution in [0.15, 0.2) is 18.2 Å². The van der Waals surface area contributed by atoms with Gasteiger partial charge in [-0.25, -0.2) is 0 Å². The van der Waals surface area contributed by atoms with Crippen molar-refractivity contribution in [3.8, 4) is 5.75 Å². The van der Waals surface area contributed by atoms with E-state index < -0.39 is 0 Å². The van der Waals surface area contributed by atoms with Crippen molar-refractivity contribution >= 4 is 29.0 Å². The minimum absolute atomic E-state index is 0.0323. The molecular weight excluding hydrogens is 286 g/mol. The Balaban J connectivity index is 2.47. The zero-order chi connectivity index (χ0) is 15.8. The lowest BCUT2D eigenvalue weighted by atomic mass is 10.2. The number of rotatable bonds is 8. The Hall–Kier alpha value is -1.40. The number of nitrogen functional groups attached to an aromatic ring is 1. The molecule has 0 aliphatic carbocycles. The molecule has 118 valence electrons. The SMILES string of the molecule is COc1ccc(NC(=O)CCN(C)C(C)CSC)c(N)c1. The molecule has 0 aliphatic rings. The molecule has 0 fully saturated rings. The lowest BCUT2D eigenvalue weighted by molar-refractivity contribution is -0.116. The van der Waals surface area contributed by atoms with Gasteiger partial charge in [-0.15, -0.1) is 0 Å². The molecule has 6 heteroatoms. The summed E-state index contributed by atoms with van der Waals surface area (Å²) in [5, 5.41) is 2.84. The third-order valence-electron chi connectivity index (χ3n) is 3.38. The highest BCUT2D eigenvalue weighted by molar-refractivity contribution is 7.98. The van der Waals surface area contributed by atoms with Crippen molar-refractivity contribution < 1.29 is 9.53 Å². The van der Waals surface area contributed by atoms with E-state index in [-0.39, 0.29) is 5.91 Å². The molecule has 1 rings (SSSR count). The van der Waals surface area contributed by atoms with Gasteiger partial charge < -0.3 is 20.7 Å². The molecule has 3 N–H and O–H groups in total. The summed E-state index contributed by atoms with van der Waals surface area (Å²) in [6, 6.07) is 5.69. The first-order valence-corrected chi connectivity index (χ1v) is 8.29. The largest absolute Gasteiger partial charge is 0.497 e. The number of hydrogen-bond acceptors (Lipinski definition) is 5. The van der Waals surface area contributed by atoms with E-state index in [1.807, 2.05) is 18.8 Å². The van der Waals surface area contributed by atoms with Gasteiger partial charge >= 0.3 is 0 Å². The number of thioether (sulfide) groups is 1. The van der Waals surface area contributed by atoms with Gasteiger partial charge in [0.25, 0.3) is 0 Å².